The molecule has 0 bridgehead atoms. The van der Waals surface area contributed by atoms with Gasteiger partial charge in [0.1, 0.15) is 0 Å². The highest BCUT2D eigenvalue weighted by atomic mass is 16.3. The largest absolute Gasteiger partial charge is 0.390 e. The molecule has 0 radical (unpaired) electrons. The van der Waals surface area contributed by atoms with Crippen LogP contribution in [0.4, 0.5) is 0 Å². The SMILES string of the molecule is Cc1nn(C)c(C)c1C(=O)N[C@H]1c2ccccc2C[C@H]1O. The molecule has 1 aromatic heterocycles. The number of fused-ring (bicyclic) bond motifs is 1. The molecule has 5 nitrogen and oxygen atoms in total. The molecule has 2 atom stereocenters. The van der Waals surface area contributed by atoms with E-state index in [1.165, 1.54) is 0 Å². The first-order valence-electron chi connectivity index (χ1n) is 7.06. The lowest BCUT2D eigenvalue weighted by molar-refractivity contribution is 0.0857. The van der Waals surface area contributed by atoms with Gasteiger partial charge in [0.05, 0.1) is 23.4 Å². The van der Waals surface area contributed by atoms with E-state index >= 15 is 0 Å². The topological polar surface area (TPSA) is 67.2 Å². The lowest BCUT2D eigenvalue weighted by atomic mass is 10.1. The lowest BCUT2D eigenvalue weighted by Gasteiger charge is -2.18. The number of amides is 1. The molecule has 2 aromatic rings. The molecule has 5 heteroatoms. The van der Waals surface area contributed by atoms with Crippen molar-refractivity contribution in [3.63, 3.8) is 0 Å². The van der Waals surface area contributed by atoms with Gasteiger partial charge in [0.15, 0.2) is 0 Å². The maximum absolute atomic E-state index is 12.5. The summed E-state index contributed by atoms with van der Waals surface area (Å²) < 4.78 is 1.70. The molecule has 21 heavy (non-hydrogen) atoms. The molecular weight excluding hydrogens is 266 g/mol. The van der Waals surface area contributed by atoms with E-state index in [2.05, 4.69) is 10.4 Å². The first-order chi connectivity index (χ1) is 9.99. The van der Waals surface area contributed by atoms with Gasteiger partial charge in [-0.2, -0.15) is 5.10 Å². The van der Waals surface area contributed by atoms with Crippen LogP contribution in [0.1, 0.15) is 38.9 Å². The van der Waals surface area contributed by atoms with Crippen molar-refractivity contribution in [2.45, 2.75) is 32.4 Å². The Kier molecular flexibility index (Phi) is 3.29. The Morgan fingerprint density at radius 2 is 2.10 bits per heavy atom. The summed E-state index contributed by atoms with van der Waals surface area (Å²) in [6, 6.07) is 7.47. The molecule has 1 aliphatic rings. The quantitative estimate of drug-likeness (QED) is 0.877. The monoisotopic (exact) mass is 285 g/mol. The Balaban J connectivity index is 1.89. The second-order valence-electron chi connectivity index (χ2n) is 5.59. The predicted octanol–water partition coefficient (Wildman–Crippen LogP) is 1.43. The molecule has 110 valence electrons. The van der Waals surface area contributed by atoms with Crippen molar-refractivity contribution in [1.29, 1.82) is 0 Å². The maximum Gasteiger partial charge on any atom is 0.255 e. The van der Waals surface area contributed by atoms with Gasteiger partial charge in [0.25, 0.3) is 5.91 Å². The molecule has 2 N–H and O–H groups in total. The molecule has 0 saturated heterocycles. The summed E-state index contributed by atoms with van der Waals surface area (Å²) in [6.45, 7) is 3.69. The van der Waals surface area contributed by atoms with Gasteiger partial charge >= 0.3 is 0 Å². The highest BCUT2D eigenvalue weighted by molar-refractivity contribution is 5.96. The summed E-state index contributed by atoms with van der Waals surface area (Å²) in [4.78, 5) is 12.5. The van der Waals surface area contributed by atoms with Crippen LogP contribution >= 0.6 is 0 Å². The van der Waals surface area contributed by atoms with Crippen LogP contribution in [-0.2, 0) is 13.5 Å². The number of carbonyl (C=O) groups is 1. The summed E-state index contributed by atoms with van der Waals surface area (Å²) >= 11 is 0. The Hall–Kier alpha value is -2.14. The minimum atomic E-state index is -0.580. The molecule has 1 aliphatic carbocycles. The van der Waals surface area contributed by atoms with Gasteiger partial charge < -0.3 is 10.4 Å². The maximum atomic E-state index is 12.5. The second-order valence-corrected chi connectivity index (χ2v) is 5.59. The zero-order chi connectivity index (χ0) is 15.1. The molecule has 3 rings (SSSR count). The Morgan fingerprint density at radius 1 is 1.38 bits per heavy atom. The van der Waals surface area contributed by atoms with Gasteiger partial charge in [-0.25, -0.2) is 0 Å². The molecule has 0 aliphatic heterocycles. The highest BCUT2D eigenvalue weighted by Crippen LogP contribution is 2.31. The van der Waals surface area contributed by atoms with Crippen LogP contribution in [0.3, 0.4) is 0 Å². The molecule has 1 heterocycles. The van der Waals surface area contributed by atoms with Crippen LogP contribution in [-0.4, -0.2) is 26.9 Å². The van der Waals surface area contributed by atoms with Crippen molar-refractivity contribution in [2.24, 2.45) is 7.05 Å². The Bertz CT molecular complexity index is 706. The van der Waals surface area contributed by atoms with Gasteiger partial charge in [-0.1, -0.05) is 24.3 Å². The van der Waals surface area contributed by atoms with Gasteiger partial charge in [-0.05, 0) is 25.0 Å². The average Bonchev–Trinajstić information content (AvgIpc) is 2.88. The van der Waals surface area contributed by atoms with Crippen LogP contribution in [0.5, 0.6) is 0 Å². The van der Waals surface area contributed by atoms with E-state index in [0.29, 0.717) is 17.7 Å². The zero-order valence-corrected chi connectivity index (χ0v) is 12.4. The van der Waals surface area contributed by atoms with E-state index in [9.17, 15) is 9.90 Å². The minimum Gasteiger partial charge on any atom is -0.390 e. The number of carbonyl (C=O) groups excluding carboxylic acids is 1. The van der Waals surface area contributed by atoms with E-state index in [0.717, 1.165) is 16.8 Å². The van der Waals surface area contributed by atoms with Gasteiger partial charge in [0.2, 0.25) is 0 Å². The van der Waals surface area contributed by atoms with E-state index in [-0.39, 0.29) is 11.9 Å². The summed E-state index contributed by atoms with van der Waals surface area (Å²) in [7, 11) is 1.82. The zero-order valence-electron chi connectivity index (χ0n) is 12.4. The van der Waals surface area contributed by atoms with Crippen LogP contribution in [0.15, 0.2) is 24.3 Å². The van der Waals surface area contributed by atoms with Crippen LogP contribution in [0, 0.1) is 13.8 Å². The van der Waals surface area contributed by atoms with Crippen molar-refractivity contribution in [3.05, 3.63) is 52.3 Å². The van der Waals surface area contributed by atoms with Gasteiger partial charge in [-0.15, -0.1) is 0 Å². The summed E-state index contributed by atoms with van der Waals surface area (Å²) in [6.07, 6.45) is -0.00445. The van der Waals surface area contributed by atoms with Crippen molar-refractivity contribution < 1.29 is 9.90 Å². The van der Waals surface area contributed by atoms with E-state index < -0.39 is 6.10 Å². The van der Waals surface area contributed by atoms with Crippen LogP contribution < -0.4 is 5.32 Å². The smallest absolute Gasteiger partial charge is 0.255 e. The number of nitrogens with zero attached hydrogens (tertiary/aromatic N) is 2. The number of rotatable bonds is 2. The van der Waals surface area contributed by atoms with Crippen LogP contribution in [0.25, 0.3) is 0 Å². The molecule has 1 amide bonds. The molecule has 0 saturated carbocycles. The Labute approximate surface area is 123 Å². The number of nitrogens with one attached hydrogen (secondary N) is 1. The normalized spacial score (nSPS) is 20.4. The number of hydrogen-bond donors (Lipinski definition) is 2. The standard InChI is InChI=1S/C16H19N3O2/c1-9-14(10(2)19(3)18-9)16(21)17-15-12-7-5-4-6-11(12)8-13(15)20/h4-7,13,15,20H,8H2,1-3H3,(H,17,21)/t13-,15+/m1/s1. The fourth-order valence-corrected chi connectivity index (χ4v) is 3.06. The third-order valence-electron chi connectivity index (χ3n) is 4.23. The number of aliphatic hydroxyl groups is 1. The third-order valence-corrected chi connectivity index (χ3v) is 4.23. The van der Waals surface area contributed by atoms with Crippen molar-refractivity contribution in [1.82, 2.24) is 15.1 Å². The predicted molar refractivity (Wildman–Crippen MR) is 79.0 cm³/mol. The fourth-order valence-electron chi connectivity index (χ4n) is 3.06. The number of aryl methyl sites for hydroxylation is 2. The number of benzene rings is 1. The van der Waals surface area contributed by atoms with Gasteiger partial charge in [0, 0.05) is 19.2 Å². The molecular formula is C16H19N3O2. The first kappa shape index (κ1) is 13.8. The molecule has 0 spiro atoms. The number of aromatic nitrogens is 2. The number of aliphatic hydroxyl groups excluding tert-OH is 1. The van der Waals surface area contributed by atoms with Crippen molar-refractivity contribution >= 4 is 5.91 Å². The first-order valence-corrected chi connectivity index (χ1v) is 7.06. The van der Waals surface area contributed by atoms with E-state index in [1.54, 1.807) is 4.68 Å². The third kappa shape index (κ3) is 2.23. The molecule has 1 aromatic carbocycles. The van der Waals surface area contributed by atoms with Gasteiger partial charge in [-0.3, -0.25) is 9.48 Å². The van der Waals surface area contributed by atoms with Crippen LogP contribution in [0.2, 0.25) is 0 Å². The second kappa shape index (κ2) is 5.00. The molecule has 0 fully saturated rings. The van der Waals surface area contributed by atoms with Crippen molar-refractivity contribution in [3.8, 4) is 0 Å². The highest BCUT2D eigenvalue weighted by Gasteiger charge is 2.33. The summed E-state index contributed by atoms with van der Waals surface area (Å²) in [5, 5.41) is 17.4. The minimum absolute atomic E-state index is 0.182. The molecule has 0 unspecified atom stereocenters. The van der Waals surface area contributed by atoms with Crippen molar-refractivity contribution in [2.75, 3.05) is 0 Å². The summed E-state index contributed by atoms with van der Waals surface area (Å²) in [5.41, 5.74) is 4.21. The van der Waals surface area contributed by atoms with E-state index in [4.69, 9.17) is 0 Å². The lowest BCUT2D eigenvalue weighted by Crippen LogP contribution is -2.34. The fraction of sp³-hybridized carbons (Fsp3) is 0.375. The number of hydrogen-bond acceptors (Lipinski definition) is 3. The Morgan fingerprint density at radius 3 is 2.76 bits per heavy atom. The summed E-state index contributed by atoms with van der Waals surface area (Å²) in [5.74, 6) is -0.182. The van der Waals surface area contributed by atoms with E-state index in [1.807, 2.05) is 45.2 Å². The average molecular weight is 285 g/mol.